The molecule has 3 aliphatic heterocycles. The molecule has 3 heterocycles. The molecular formula is C50H93NO18. The first-order valence-electron chi connectivity index (χ1n) is 26.4. The summed E-state index contributed by atoms with van der Waals surface area (Å²) in [6.07, 6.45) is 4.42. The fourth-order valence-electron chi connectivity index (χ4n) is 9.13. The Morgan fingerprint density at radius 1 is 0.507 bits per heavy atom. The zero-order valence-corrected chi connectivity index (χ0v) is 41.5. The van der Waals surface area contributed by atoms with Crippen LogP contribution in [0.1, 0.15) is 168 Å². The summed E-state index contributed by atoms with van der Waals surface area (Å²) >= 11 is 0. The lowest BCUT2D eigenvalue weighted by molar-refractivity contribution is -0.379. The average Bonchev–Trinajstić information content (AvgIpc) is 3.34. The van der Waals surface area contributed by atoms with Crippen molar-refractivity contribution in [1.29, 1.82) is 0 Å². The van der Waals surface area contributed by atoms with Crippen molar-refractivity contribution in [3.63, 3.8) is 0 Å². The van der Waals surface area contributed by atoms with Gasteiger partial charge in [-0.2, -0.15) is 0 Å². The van der Waals surface area contributed by atoms with Crippen molar-refractivity contribution in [2.45, 2.75) is 272 Å². The van der Waals surface area contributed by atoms with Gasteiger partial charge in [0.05, 0.1) is 38.6 Å². The SMILES string of the molecule is CCCCCCCCCC/C=C\CCCCCCCCCCCC(=O)NC(COC1OC(CO)C(OC2OC(CO)C(OC3OC(CO)C(O)C(O)C3O)C(O)C2O)C(O)C1O)C(O)CCCCC. The first-order valence-corrected chi connectivity index (χ1v) is 26.4. The third-order valence-corrected chi connectivity index (χ3v) is 13.6. The van der Waals surface area contributed by atoms with Crippen LogP contribution in [0.3, 0.4) is 0 Å². The lowest BCUT2D eigenvalue weighted by Gasteiger charge is -2.48. The summed E-state index contributed by atoms with van der Waals surface area (Å²) in [4.78, 5) is 13.1. The number of carbonyl (C=O) groups is 1. The molecule has 17 unspecified atom stereocenters. The second-order valence-corrected chi connectivity index (χ2v) is 19.3. The Hall–Kier alpha value is -1.47. The van der Waals surface area contributed by atoms with E-state index < -0.39 is 124 Å². The van der Waals surface area contributed by atoms with E-state index in [4.69, 9.17) is 28.4 Å². The first-order chi connectivity index (χ1) is 33.3. The number of hydrogen-bond acceptors (Lipinski definition) is 18. The smallest absolute Gasteiger partial charge is 0.220 e. The largest absolute Gasteiger partial charge is 0.394 e. The Labute approximate surface area is 410 Å². The second-order valence-electron chi connectivity index (χ2n) is 19.3. The van der Waals surface area contributed by atoms with Crippen LogP contribution in [0.15, 0.2) is 12.2 Å². The highest BCUT2D eigenvalue weighted by atomic mass is 16.8. The zero-order valence-electron chi connectivity index (χ0n) is 41.5. The maximum Gasteiger partial charge on any atom is 0.220 e. The molecule has 3 fully saturated rings. The molecule has 0 aromatic carbocycles. The fraction of sp³-hybridized carbons (Fsp3) is 0.940. The Kier molecular flexibility index (Phi) is 31.9. The van der Waals surface area contributed by atoms with E-state index in [1.807, 2.05) is 6.92 Å². The molecule has 17 atom stereocenters. The summed E-state index contributed by atoms with van der Waals surface area (Å²) in [5, 5.41) is 119. The summed E-state index contributed by atoms with van der Waals surface area (Å²) in [5.74, 6) is -0.257. The number of allylic oxidation sites excluding steroid dienone is 2. The van der Waals surface area contributed by atoms with Gasteiger partial charge in [-0.1, -0.05) is 135 Å². The summed E-state index contributed by atoms with van der Waals surface area (Å²) in [5.41, 5.74) is 0. The van der Waals surface area contributed by atoms with E-state index >= 15 is 0 Å². The van der Waals surface area contributed by atoms with Crippen LogP contribution in [0.5, 0.6) is 0 Å². The van der Waals surface area contributed by atoms with E-state index in [0.717, 1.165) is 38.5 Å². The molecule has 12 N–H and O–H groups in total. The lowest BCUT2D eigenvalue weighted by Crippen LogP contribution is -2.66. The van der Waals surface area contributed by atoms with E-state index in [0.29, 0.717) is 19.3 Å². The molecule has 0 aromatic rings. The highest BCUT2D eigenvalue weighted by Gasteiger charge is 2.53. The standard InChI is InChI=1S/C50H93NO18/c1-3-5-7-8-9-10-11-12-13-14-15-16-17-18-19-20-21-22-23-24-26-28-38(56)51-33(34(55)27-25-6-4-2)32-64-48-44(62)41(59)46(36(30-53)66-48)69-50-45(63)42(60)47(37(31-54)67-50)68-49-43(61)40(58)39(57)35(29-52)65-49/h14-15,33-37,39-50,52-55,57-63H,3-13,16-32H2,1-2H3,(H,51,56)/b15-14-. The Morgan fingerprint density at radius 2 is 0.913 bits per heavy atom. The first kappa shape index (κ1) is 61.8. The maximum absolute atomic E-state index is 13.1. The van der Waals surface area contributed by atoms with Gasteiger partial charge in [0, 0.05) is 6.42 Å². The van der Waals surface area contributed by atoms with Gasteiger partial charge in [0.15, 0.2) is 18.9 Å². The Bertz CT molecular complexity index is 1330. The minimum atomic E-state index is -1.97. The molecule has 3 saturated heterocycles. The van der Waals surface area contributed by atoms with Gasteiger partial charge in [-0.15, -0.1) is 0 Å². The van der Waals surface area contributed by atoms with Crippen LogP contribution in [0.4, 0.5) is 0 Å². The van der Waals surface area contributed by atoms with Crippen LogP contribution in [0, 0.1) is 0 Å². The van der Waals surface area contributed by atoms with Crippen LogP contribution in [0.25, 0.3) is 0 Å². The number of hydrogen-bond donors (Lipinski definition) is 12. The minimum absolute atomic E-state index is 0.257. The summed E-state index contributed by atoms with van der Waals surface area (Å²) < 4.78 is 33.9. The molecule has 69 heavy (non-hydrogen) atoms. The quantitative estimate of drug-likeness (QED) is 0.0314. The number of amides is 1. The van der Waals surface area contributed by atoms with E-state index in [2.05, 4.69) is 24.4 Å². The van der Waals surface area contributed by atoms with Crippen LogP contribution in [0.2, 0.25) is 0 Å². The molecule has 0 radical (unpaired) electrons. The number of aliphatic hydroxyl groups excluding tert-OH is 11. The number of unbranched alkanes of at least 4 members (excludes halogenated alkanes) is 19. The molecule has 3 rings (SSSR count). The van der Waals surface area contributed by atoms with Crippen molar-refractivity contribution in [3.05, 3.63) is 12.2 Å². The number of ether oxygens (including phenoxy) is 6. The number of nitrogens with one attached hydrogen (secondary N) is 1. The van der Waals surface area contributed by atoms with Crippen LogP contribution >= 0.6 is 0 Å². The molecule has 0 spiro atoms. The third-order valence-electron chi connectivity index (χ3n) is 13.6. The minimum Gasteiger partial charge on any atom is -0.394 e. The number of rotatable bonds is 37. The summed E-state index contributed by atoms with van der Waals surface area (Å²) in [6, 6.07) is -0.880. The van der Waals surface area contributed by atoms with Gasteiger partial charge in [0.1, 0.15) is 73.2 Å². The van der Waals surface area contributed by atoms with Crippen LogP contribution in [-0.4, -0.2) is 193 Å². The monoisotopic (exact) mass is 996 g/mol. The maximum atomic E-state index is 13.1. The third kappa shape index (κ3) is 21.5. The molecule has 19 nitrogen and oxygen atoms in total. The summed E-state index contributed by atoms with van der Waals surface area (Å²) in [7, 11) is 0. The fourth-order valence-corrected chi connectivity index (χ4v) is 9.13. The summed E-state index contributed by atoms with van der Waals surface area (Å²) in [6.45, 7) is 1.58. The highest BCUT2D eigenvalue weighted by Crippen LogP contribution is 2.33. The average molecular weight is 996 g/mol. The van der Waals surface area contributed by atoms with E-state index in [1.165, 1.54) is 89.9 Å². The molecule has 0 saturated carbocycles. The van der Waals surface area contributed by atoms with Crippen LogP contribution < -0.4 is 5.32 Å². The lowest BCUT2D eigenvalue weighted by atomic mass is 9.96. The van der Waals surface area contributed by atoms with E-state index in [-0.39, 0.29) is 18.9 Å². The van der Waals surface area contributed by atoms with Crippen molar-refractivity contribution in [3.8, 4) is 0 Å². The van der Waals surface area contributed by atoms with Crippen molar-refractivity contribution >= 4 is 5.91 Å². The van der Waals surface area contributed by atoms with Gasteiger partial charge < -0.3 is 89.9 Å². The molecule has 0 aliphatic carbocycles. The second kappa shape index (κ2) is 35.6. The van der Waals surface area contributed by atoms with Crippen molar-refractivity contribution in [1.82, 2.24) is 5.32 Å². The molecule has 0 aromatic heterocycles. The van der Waals surface area contributed by atoms with Crippen LogP contribution in [-0.2, 0) is 33.2 Å². The molecule has 19 heteroatoms. The predicted molar refractivity (Wildman–Crippen MR) is 254 cm³/mol. The highest BCUT2D eigenvalue weighted by molar-refractivity contribution is 5.76. The van der Waals surface area contributed by atoms with Gasteiger partial charge in [-0.05, 0) is 38.5 Å². The molecule has 3 aliphatic rings. The number of aliphatic hydroxyl groups is 11. The van der Waals surface area contributed by atoms with Gasteiger partial charge in [0.2, 0.25) is 5.91 Å². The molecule has 1 amide bonds. The van der Waals surface area contributed by atoms with Gasteiger partial charge >= 0.3 is 0 Å². The van der Waals surface area contributed by atoms with E-state index in [9.17, 15) is 61.0 Å². The van der Waals surface area contributed by atoms with Gasteiger partial charge in [-0.25, -0.2) is 0 Å². The van der Waals surface area contributed by atoms with Crippen molar-refractivity contribution < 1.29 is 89.4 Å². The van der Waals surface area contributed by atoms with Gasteiger partial charge in [0.25, 0.3) is 0 Å². The van der Waals surface area contributed by atoms with Gasteiger partial charge in [-0.3, -0.25) is 4.79 Å². The zero-order chi connectivity index (χ0) is 50.6. The Morgan fingerprint density at radius 3 is 1.41 bits per heavy atom. The van der Waals surface area contributed by atoms with E-state index in [1.54, 1.807) is 0 Å². The normalized spacial score (nSPS) is 32.9. The van der Waals surface area contributed by atoms with Crippen molar-refractivity contribution in [2.75, 3.05) is 26.4 Å². The molecule has 406 valence electrons. The topological polar surface area (TPSA) is 307 Å². The molecular weight excluding hydrogens is 903 g/mol. The predicted octanol–water partition coefficient (Wildman–Crippen LogP) is 2.26. The number of carbonyl (C=O) groups excluding carboxylic acids is 1. The Balaban J connectivity index is 1.40. The van der Waals surface area contributed by atoms with Crippen molar-refractivity contribution in [2.24, 2.45) is 0 Å². The molecule has 0 bridgehead atoms.